The van der Waals surface area contributed by atoms with Gasteiger partial charge in [0, 0.05) is 28.9 Å². The average molecular weight is 349 g/mol. The summed E-state index contributed by atoms with van der Waals surface area (Å²) in [5.74, 6) is -0.0914. The lowest BCUT2D eigenvalue weighted by Crippen LogP contribution is -2.49. The van der Waals surface area contributed by atoms with Crippen LogP contribution in [0.4, 0.5) is 5.69 Å². The third kappa shape index (κ3) is 2.90. The summed E-state index contributed by atoms with van der Waals surface area (Å²) in [4.78, 5) is 32.1. The number of aliphatic imine (C=N–C) groups is 1. The van der Waals surface area contributed by atoms with Crippen molar-refractivity contribution in [3.05, 3.63) is 57.9 Å². The molecule has 0 spiro atoms. The Morgan fingerprint density at radius 3 is 2.65 bits per heavy atom. The lowest BCUT2D eigenvalue weighted by molar-refractivity contribution is -0.128. The van der Waals surface area contributed by atoms with Gasteiger partial charge in [0.25, 0.3) is 5.56 Å². The minimum absolute atomic E-state index is 0.0914. The van der Waals surface area contributed by atoms with Crippen molar-refractivity contribution in [1.82, 2.24) is 10.3 Å². The van der Waals surface area contributed by atoms with Crippen LogP contribution in [0, 0.1) is 6.92 Å². The van der Waals surface area contributed by atoms with Gasteiger partial charge in [0.1, 0.15) is 0 Å². The van der Waals surface area contributed by atoms with E-state index in [1.807, 2.05) is 32.0 Å². The summed E-state index contributed by atoms with van der Waals surface area (Å²) >= 11 is 0. The number of H-pyrrole nitrogens is 1. The summed E-state index contributed by atoms with van der Waals surface area (Å²) in [5.41, 5.74) is 3.65. The molecule has 134 valence electrons. The number of hydrogen-bond donors (Lipinski definition) is 2. The zero-order valence-electron chi connectivity index (χ0n) is 15.2. The predicted octanol–water partition coefficient (Wildman–Crippen LogP) is 3.49. The molecule has 1 aliphatic rings. The third-order valence-corrected chi connectivity index (χ3v) is 5.19. The molecule has 2 N–H and O–H groups in total. The summed E-state index contributed by atoms with van der Waals surface area (Å²) in [5, 5.41) is 2.86. The lowest BCUT2D eigenvalue weighted by atomic mass is 9.76. The maximum Gasteiger partial charge on any atom is 0.252 e. The highest BCUT2D eigenvalue weighted by Crippen LogP contribution is 2.32. The number of hydrogen-bond acceptors (Lipinski definition) is 3. The first kappa shape index (κ1) is 17.9. The van der Waals surface area contributed by atoms with E-state index in [4.69, 9.17) is 0 Å². The van der Waals surface area contributed by atoms with Crippen LogP contribution in [0.25, 0.3) is 17.3 Å². The number of rotatable bonds is 4. The van der Waals surface area contributed by atoms with E-state index in [-0.39, 0.29) is 11.5 Å². The lowest BCUT2D eigenvalue weighted by Gasteiger charge is -2.32. The molecule has 1 aromatic carbocycles. The molecule has 0 unspecified atom stereocenters. The topological polar surface area (TPSA) is 74.3 Å². The fourth-order valence-electron chi connectivity index (χ4n) is 3.62. The highest BCUT2D eigenvalue weighted by molar-refractivity contribution is 5.88. The Morgan fingerprint density at radius 2 is 2.04 bits per heavy atom. The van der Waals surface area contributed by atoms with Crippen molar-refractivity contribution < 1.29 is 4.79 Å². The Hall–Kier alpha value is -2.95. The Morgan fingerprint density at radius 1 is 1.27 bits per heavy atom. The highest BCUT2D eigenvalue weighted by Gasteiger charge is 2.39. The summed E-state index contributed by atoms with van der Waals surface area (Å²) in [6.45, 7) is 11.9. The van der Waals surface area contributed by atoms with Gasteiger partial charge < -0.3 is 10.3 Å². The molecule has 1 saturated heterocycles. The molecule has 3 rings (SSSR count). The zero-order chi connectivity index (χ0) is 18.9. The molecule has 1 aliphatic heterocycles. The minimum atomic E-state index is -0.791. The van der Waals surface area contributed by atoms with E-state index in [0.717, 1.165) is 28.8 Å². The van der Waals surface area contributed by atoms with Crippen molar-refractivity contribution in [2.45, 2.75) is 32.1 Å². The molecule has 5 nitrogen and oxygen atoms in total. The van der Waals surface area contributed by atoms with Crippen LogP contribution in [0.1, 0.15) is 36.5 Å². The number of pyridine rings is 1. The standard InChI is InChI=1S/C21H23N3O2/c1-5-15-13(2)11-14(12-18(15)22-4)17-8-7-16(19(25)24-17)21(3)9-6-10-23-20(21)26/h5,7-8,11-12H,1,4,6,9-10H2,2-3H3,(H,23,26)(H,24,25)/t21-/m1/s1. The smallest absolute Gasteiger partial charge is 0.252 e. The van der Waals surface area contributed by atoms with Gasteiger partial charge in [0.05, 0.1) is 11.1 Å². The van der Waals surface area contributed by atoms with E-state index in [1.54, 1.807) is 12.1 Å². The van der Waals surface area contributed by atoms with E-state index in [0.29, 0.717) is 24.2 Å². The molecule has 0 radical (unpaired) electrons. The second-order valence-corrected chi connectivity index (χ2v) is 6.89. The molecule has 1 amide bonds. The van der Waals surface area contributed by atoms with Crippen molar-refractivity contribution in [3.8, 4) is 11.3 Å². The van der Waals surface area contributed by atoms with Crippen LogP contribution < -0.4 is 10.9 Å². The van der Waals surface area contributed by atoms with Gasteiger partial charge in [-0.2, -0.15) is 0 Å². The fraction of sp³-hybridized carbons (Fsp3) is 0.286. The molecule has 26 heavy (non-hydrogen) atoms. The molecular weight excluding hydrogens is 326 g/mol. The molecule has 1 atom stereocenters. The summed E-state index contributed by atoms with van der Waals surface area (Å²) in [6, 6.07) is 7.46. The number of benzene rings is 1. The first-order valence-electron chi connectivity index (χ1n) is 8.67. The predicted molar refractivity (Wildman–Crippen MR) is 106 cm³/mol. The van der Waals surface area contributed by atoms with E-state index < -0.39 is 5.41 Å². The second kappa shape index (κ2) is 6.75. The van der Waals surface area contributed by atoms with Gasteiger partial charge in [0.2, 0.25) is 5.91 Å². The third-order valence-electron chi connectivity index (χ3n) is 5.19. The second-order valence-electron chi connectivity index (χ2n) is 6.89. The quantitative estimate of drug-likeness (QED) is 0.829. The number of aryl methyl sites for hydroxylation is 1. The first-order chi connectivity index (χ1) is 12.4. The van der Waals surface area contributed by atoms with Gasteiger partial charge in [-0.3, -0.25) is 14.6 Å². The molecule has 0 saturated carbocycles. The summed E-state index contributed by atoms with van der Waals surface area (Å²) < 4.78 is 0. The number of aromatic amines is 1. The Bertz CT molecular complexity index is 958. The molecule has 0 bridgehead atoms. The van der Waals surface area contributed by atoms with Gasteiger partial charge in [-0.15, -0.1) is 0 Å². The number of aromatic nitrogens is 1. The van der Waals surface area contributed by atoms with Crippen LogP contribution in [-0.4, -0.2) is 24.2 Å². The number of nitrogens with zero attached hydrogens (tertiary/aromatic N) is 1. The number of carbonyl (C=O) groups is 1. The molecule has 5 heteroatoms. The monoisotopic (exact) mass is 349 g/mol. The minimum Gasteiger partial charge on any atom is -0.355 e. The maximum absolute atomic E-state index is 12.7. The number of carbonyl (C=O) groups excluding carboxylic acids is 1. The number of amides is 1. The summed E-state index contributed by atoms with van der Waals surface area (Å²) in [7, 11) is 0. The van der Waals surface area contributed by atoms with Gasteiger partial charge in [-0.05, 0) is 57.2 Å². The van der Waals surface area contributed by atoms with Crippen molar-refractivity contribution >= 4 is 24.4 Å². The van der Waals surface area contributed by atoms with Crippen molar-refractivity contribution in [1.29, 1.82) is 0 Å². The average Bonchev–Trinajstić information content (AvgIpc) is 2.63. The molecule has 0 aliphatic carbocycles. The SMILES string of the molecule is C=Cc1c(C)cc(-c2ccc([C@@]3(C)CCCNC3=O)c(=O)[nH]2)cc1N=C. The van der Waals surface area contributed by atoms with Crippen LogP contribution in [-0.2, 0) is 10.2 Å². The van der Waals surface area contributed by atoms with Crippen LogP contribution in [0.2, 0.25) is 0 Å². The Kier molecular flexibility index (Phi) is 4.64. The van der Waals surface area contributed by atoms with E-state index in [9.17, 15) is 9.59 Å². The molecular formula is C21H23N3O2. The van der Waals surface area contributed by atoms with Crippen molar-refractivity contribution in [2.75, 3.05) is 6.54 Å². The molecule has 1 fully saturated rings. The molecule has 2 aromatic rings. The number of piperidine rings is 1. The fourth-order valence-corrected chi connectivity index (χ4v) is 3.62. The first-order valence-corrected chi connectivity index (χ1v) is 8.67. The highest BCUT2D eigenvalue weighted by atomic mass is 16.2. The van der Waals surface area contributed by atoms with Crippen LogP contribution in [0.5, 0.6) is 0 Å². The number of nitrogens with one attached hydrogen (secondary N) is 2. The van der Waals surface area contributed by atoms with Gasteiger partial charge in [0.15, 0.2) is 0 Å². The van der Waals surface area contributed by atoms with Gasteiger partial charge in [-0.25, -0.2) is 0 Å². The largest absolute Gasteiger partial charge is 0.355 e. The van der Waals surface area contributed by atoms with Gasteiger partial charge in [-0.1, -0.05) is 18.7 Å². The van der Waals surface area contributed by atoms with Crippen molar-refractivity contribution in [3.63, 3.8) is 0 Å². The van der Waals surface area contributed by atoms with Crippen molar-refractivity contribution in [2.24, 2.45) is 4.99 Å². The maximum atomic E-state index is 12.7. The Labute approximate surface area is 152 Å². The van der Waals surface area contributed by atoms with E-state index in [1.165, 1.54) is 0 Å². The normalized spacial score (nSPS) is 19.7. The van der Waals surface area contributed by atoms with Gasteiger partial charge >= 0.3 is 0 Å². The summed E-state index contributed by atoms with van der Waals surface area (Å²) in [6.07, 6.45) is 3.27. The molecule has 2 heterocycles. The van der Waals surface area contributed by atoms with Crippen LogP contribution in [0.15, 0.2) is 40.6 Å². The van der Waals surface area contributed by atoms with Crippen LogP contribution in [0.3, 0.4) is 0 Å². The zero-order valence-corrected chi connectivity index (χ0v) is 15.2. The molecule has 1 aromatic heterocycles. The van der Waals surface area contributed by atoms with Crippen LogP contribution >= 0.6 is 0 Å². The van der Waals surface area contributed by atoms with E-state index in [2.05, 4.69) is 28.6 Å². The Balaban J connectivity index is 2.07. The van der Waals surface area contributed by atoms with E-state index >= 15 is 0 Å².